The number of halogens is 2. The molecule has 1 unspecified atom stereocenters. The number of nitrogens with one attached hydrogen (secondary N) is 1. The molecule has 2 rings (SSSR count). The number of aromatic nitrogens is 1. The Balaban J connectivity index is 2.21. The standard InChI is InChI=1S/C15H16Br2N2O2/c1-9(19-15-12(17)7-11(16)8-18-15)10-4-5-13(20-2)14(6-10)21-3/h4-9H,1-3H3,(H,18,19). The first kappa shape index (κ1) is 16.1. The Morgan fingerprint density at radius 3 is 2.43 bits per heavy atom. The van der Waals surface area contributed by atoms with Crippen LogP contribution in [0.2, 0.25) is 0 Å². The van der Waals surface area contributed by atoms with E-state index in [0.717, 1.165) is 26.1 Å². The highest BCUT2D eigenvalue weighted by Gasteiger charge is 2.12. The molecule has 0 saturated carbocycles. The van der Waals surface area contributed by atoms with Gasteiger partial charge >= 0.3 is 0 Å². The SMILES string of the molecule is COc1ccc(C(C)Nc2ncc(Br)cc2Br)cc1OC. The fourth-order valence-corrected chi connectivity index (χ4v) is 3.03. The molecular formula is C15H16Br2N2O2. The molecule has 0 bridgehead atoms. The lowest BCUT2D eigenvalue weighted by atomic mass is 10.1. The minimum Gasteiger partial charge on any atom is -0.493 e. The zero-order valence-electron chi connectivity index (χ0n) is 12.0. The molecule has 0 aliphatic carbocycles. The van der Waals surface area contributed by atoms with Crippen molar-refractivity contribution in [3.05, 3.63) is 45.0 Å². The van der Waals surface area contributed by atoms with E-state index in [1.54, 1.807) is 20.4 Å². The molecule has 6 heteroatoms. The predicted octanol–water partition coefficient (Wildman–Crippen LogP) is 4.80. The molecule has 1 aromatic heterocycles. The number of hydrogen-bond acceptors (Lipinski definition) is 4. The molecule has 1 aromatic carbocycles. The third-order valence-corrected chi connectivity index (χ3v) is 4.11. The molecule has 0 saturated heterocycles. The molecule has 1 atom stereocenters. The van der Waals surface area contributed by atoms with Crippen molar-refractivity contribution in [3.8, 4) is 11.5 Å². The van der Waals surface area contributed by atoms with Gasteiger partial charge in [0.15, 0.2) is 11.5 Å². The summed E-state index contributed by atoms with van der Waals surface area (Å²) in [5, 5.41) is 3.37. The van der Waals surface area contributed by atoms with Gasteiger partial charge in [-0.05, 0) is 62.5 Å². The van der Waals surface area contributed by atoms with E-state index in [1.165, 1.54) is 0 Å². The number of rotatable bonds is 5. The number of nitrogens with zero attached hydrogens (tertiary/aromatic N) is 1. The molecule has 0 radical (unpaired) electrons. The summed E-state index contributed by atoms with van der Waals surface area (Å²) in [6, 6.07) is 7.90. The van der Waals surface area contributed by atoms with Gasteiger partial charge in [-0.15, -0.1) is 0 Å². The number of pyridine rings is 1. The summed E-state index contributed by atoms with van der Waals surface area (Å²) in [5.74, 6) is 2.23. The fourth-order valence-electron chi connectivity index (χ4n) is 1.93. The Morgan fingerprint density at radius 2 is 1.81 bits per heavy atom. The van der Waals surface area contributed by atoms with E-state index in [0.29, 0.717) is 5.75 Å². The first-order valence-corrected chi connectivity index (χ1v) is 7.93. The molecule has 21 heavy (non-hydrogen) atoms. The van der Waals surface area contributed by atoms with Gasteiger partial charge in [-0.1, -0.05) is 6.07 Å². The lowest BCUT2D eigenvalue weighted by Gasteiger charge is -2.17. The molecule has 0 aliphatic rings. The molecule has 112 valence electrons. The van der Waals surface area contributed by atoms with E-state index in [-0.39, 0.29) is 6.04 Å². The lowest BCUT2D eigenvalue weighted by molar-refractivity contribution is 0.354. The van der Waals surface area contributed by atoms with Gasteiger partial charge in [0.25, 0.3) is 0 Å². The number of benzene rings is 1. The van der Waals surface area contributed by atoms with Crippen molar-refractivity contribution < 1.29 is 9.47 Å². The second-order valence-electron chi connectivity index (χ2n) is 4.46. The van der Waals surface area contributed by atoms with Crippen molar-refractivity contribution in [2.24, 2.45) is 0 Å². The highest BCUT2D eigenvalue weighted by molar-refractivity contribution is 9.11. The number of ether oxygens (including phenoxy) is 2. The van der Waals surface area contributed by atoms with Crippen molar-refractivity contribution in [3.63, 3.8) is 0 Å². The van der Waals surface area contributed by atoms with Crippen LogP contribution in [0.5, 0.6) is 11.5 Å². The van der Waals surface area contributed by atoms with Crippen molar-refractivity contribution in [1.82, 2.24) is 4.98 Å². The first-order chi connectivity index (χ1) is 10.0. The molecule has 0 aliphatic heterocycles. The Bertz CT molecular complexity index is 635. The predicted molar refractivity (Wildman–Crippen MR) is 91.2 cm³/mol. The molecule has 0 amide bonds. The summed E-state index contributed by atoms with van der Waals surface area (Å²) in [4.78, 5) is 4.36. The van der Waals surface area contributed by atoms with Crippen LogP contribution in [0.25, 0.3) is 0 Å². The van der Waals surface area contributed by atoms with Gasteiger partial charge in [-0.3, -0.25) is 0 Å². The minimum absolute atomic E-state index is 0.0785. The first-order valence-electron chi connectivity index (χ1n) is 6.34. The van der Waals surface area contributed by atoms with Gasteiger partial charge in [0.1, 0.15) is 5.82 Å². The van der Waals surface area contributed by atoms with Crippen molar-refractivity contribution >= 4 is 37.7 Å². The quantitative estimate of drug-likeness (QED) is 0.761. The number of anilines is 1. The lowest BCUT2D eigenvalue weighted by Crippen LogP contribution is -2.08. The molecule has 4 nitrogen and oxygen atoms in total. The monoisotopic (exact) mass is 414 g/mol. The summed E-state index contributed by atoms with van der Waals surface area (Å²) >= 11 is 6.89. The summed E-state index contributed by atoms with van der Waals surface area (Å²) in [6.07, 6.45) is 1.76. The third-order valence-electron chi connectivity index (χ3n) is 3.07. The zero-order chi connectivity index (χ0) is 15.4. The average Bonchev–Trinajstić information content (AvgIpc) is 2.49. The maximum atomic E-state index is 5.33. The molecular weight excluding hydrogens is 400 g/mol. The van der Waals surface area contributed by atoms with Gasteiger partial charge in [-0.2, -0.15) is 0 Å². The zero-order valence-corrected chi connectivity index (χ0v) is 15.2. The summed E-state index contributed by atoms with van der Waals surface area (Å²) in [7, 11) is 3.26. The fraction of sp³-hybridized carbons (Fsp3) is 0.267. The van der Waals surface area contributed by atoms with Crippen LogP contribution in [0, 0.1) is 0 Å². The summed E-state index contributed by atoms with van der Waals surface area (Å²) in [6.45, 7) is 2.07. The molecule has 1 heterocycles. The van der Waals surface area contributed by atoms with Crippen LogP contribution in [-0.4, -0.2) is 19.2 Å². The van der Waals surface area contributed by atoms with Crippen LogP contribution in [-0.2, 0) is 0 Å². The second-order valence-corrected chi connectivity index (χ2v) is 6.23. The maximum absolute atomic E-state index is 5.33. The third kappa shape index (κ3) is 3.89. The Morgan fingerprint density at radius 1 is 1.10 bits per heavy atom. The number of methoxy groups -OCH3 is 2. The van der Waals surface area contributed by atoms with Gasteiger partial charge in [-0.25, -0.2) is 4.98 Å². The molecule has 2 aromatic rings. The smallest absolute Gasteiger partial charge is 0.161 e. The topological polar surface area (TPSA) is 43.4 Å². The normalized spacial score (nSPS) is 11.9. The van der Waals surface area contributed by atoms with Gasteiger partial charge in [0, 0.05) is 10.7 Å². The largest absolute Gasteiger partial charge is 0.493 e. The summed E-state index contributed by atoms with van der Waals surface area (Å²) < 4.78 is 12.4. The Labute approximate surface area is 141 Å². The molecule has 1 N–H and O–H groups in total. The van der Waals surface area contributed by atoms with E-state index in [9.17, 15) is 0 Å². The van der Waals surface area contributed by atoms with Crippen LogP contribution in [0.1, 0.15) is 18.5 Å². The van der Waals surface area contributed by atoms with E-state index in [4.69, 9.17) is 9.47 Å². The van der Waals surface area contributed by atoms with E-state index in [2.05, 4.69) is 49.1 Å². The minimum atomic E-state index is 0.0785. The average molecular weight is 416 g/mol. The van der Waals surface area contributed by atoms with Crippen molar-refractivity contribution in [2.75, 3.05) is 19.5 Å². The summed E-state index contributed by atoms with van der Waals surface area (Å²) in [5.41, 5.74) is 1.09. The van der Waals surface area contributed by atoms with E-state index >= 15 is 0 Å². The van der Waals surface area contributed by atoms with E-state index in [1.807, 2.05) is 24.3 Å². The van der Waals surface area contributed by atoms with Crippen LogP contribution in [0.3, 0.4) is 0 Å². The Hall–Kier alpha value is -1.27. The van der Waals surface area contributed by atoms with E-state index < -0.39 is 0 Å². The van der Waals surface area contributed by atoms with Gasteiger partial charge in [0.2, 0.25) is 0 Å². The van der Waals surface area contributed by atoms with Crippen LogP contribution < -0.4 is 14.8 Å². The number of hydrogen-bond donors (Lipinski definition) is 1. The van der Waals surface area contributed by atoms with Crippen molar-refractivity contribution in [1.29, 1.82) is 0 Å². The van der Waals surface area contributed by atoms with Crippen LogP contribution in [0.4, 0.5) is 5.82 Å². The van der Waals surface area contributed by atoms with Gasteiger partial charge < -0.3 is 14.8 Å². The highest BCUT2D eigenvalue weighted by atomic mass is 79.9. The maximum Gasteiger partial charge on any atom is 0.161 e. The second kappa shape index (κ2) is 7.13. The van der Waals surface area contributed by atoms with Gasteiger partial charge in [0.05, 0.1) is 24.7 Å². The van der Waals surface area contributed by atoms with Crippen molar-refractivity contribution in [2.45, 2.75) is 13.0 Å². The Kier molecular flexibility index (Phi) is 5.47. The van der Waals surface area contributed by atoms with Crippen LogP contribution >= 0.6 is 31.9 Å². The highest BCUT2D eigenvalue weighted by Crippen LogP contribution is 2.32. The molecule has 0 fully saturated rings. The molecule has 0 spiro atoms. The van der Waals surface area contributed by atoms with Crippen LogP contribution in [0.15, 0.2) is 39.4 Å².